The molecule has 0 N–H and O–H groups in total. The molecule has 1 aromatic rings. The van der Waals surface area contributed by atoms with Crippen molar-refractivity contribution in [1.82, 2.24) is 0 Å². The van der Waals surface area contributed by atoms with Gasteiger partial charge < -0.3 is 0 Å². The van der Waals surface area contributed by atoms with Gasteiger partial charge in [0.2, 0.25) is 0 Å². The summed E-state index contributed by atoms with van der Waals surface area (Å²) in [5, 5.41) is 0.665. The predicted octanol–water partition coefficient (Wildman–Crippen LogP) is 3.09. The van der Waals surface area contributed by atoms with Crippen LogP contribution in [-0.2, 0) is 9.73 Å². The molecule has 0 heterocycles. The Morgan fingerprint density at radius 2 is 1.92 bits per heavy atom. The zero-order valence-corrected chi connectivity index (χ0v) is 9.23. The minimum atomic E-state index is -2.05. The molecule has 0 amide bonds. The van der Waals surface area contributed by atoms with Gasteiger partial charge in [0.1, 0.15) is 0 Å². The Balaban J connectivity index is 3.06. The van der Waals surface area contributed by atoms with Crippen molar-refractivity contribution >= 4 is 27.0 Å². The first-order valence-electron chi connectivity index (χ1n) is 3.99. The fourth-order valence-electron chi connectivity index (χ4n) is 0.789. The Labute approximate surface area is 84.1 Å². The molecule has 0 saturated carbocycles. The lowest BCUT2D eigenvalue weighted by atomic mass is 10.3. The molecule has 4 heteroatoms. The highest BCUT2D eigenvalue weighted by Crippen LogP contribution is 2.17. The lowest BCUT2D eigenvalue weighted by molar-refractivity contribution is 0.681. The number of nitrogens with zero attached hydrogens (tertiary/aromatic N) is 1. The highest BCUT2D eigenvalue weighted by Gasteiger charge is 1.97. The summed E-state index contributed by atoms with van der Waals surface area (Å²) in [7, 11) is -2.05. The Morgan fingerprint density at radius 1 is 1.38 bits per heavy atom. The number of rotatable bonds is 2. The summed E-state index contributed by atoms with van der Waals surface area (Å²) in [4.78, 5) is 0. The van der Waals surface area contributed by atoms with Crippen molar-refractivity contribution in [1.29, 1.82) is 0 Å². The van der Waals surface area contributed by atoms with Crippen molar-refractivity contribution in [3.05, 3.63) is 29.3 Å². The Bertz CT molecular complexity index is 391. The standard InChI is InChI=1S/C9H12ClNOS/c1-3-13(2,12)11-9-6-4-8(10)5-7-9/h4-7H,3H2,1-2H3/t13-/m0/s1. The molecule has 0 unspecified atom stereocenters. The zero-order valence-electron chi connectivity index (χ0n) is 7.66. The van der Waals surface area contributed by atoms with Gasteiger partial charge in [-0.1, -0.05) is 18.5 Å². The molecule has 0 bridgehead atoms. The number of benzene rings is 1. The van der Waals surface area contributed by atoms with Crippen LogP contribution in [0.3, 0.4) is 0 Å². The van der Waals surface area contributed by atoms with Gasteiger partial charge in [-0.2, -0.15) is 4.36 Å². The van der Waals surface area contributed by atoms with Crippen molar-refractivity contribution in [3.63, 3.8) is 0 Å². The van der Waals surface area contributed by atoms with E-state index in [-0.39, 0.29) is 0 Å². The third-order valence-corrected chi connectivity index (χ3v) is 3.58. The van der Waals surface area contributed by atoms with Crippen molar-refractivity contribution in [3.8, 4) is 0 Å². The maximum Gasteiger partial charge on any atom is 0.0731 e. The molecule has 72 valence electrons. The molecular weight excluding hydrogens is 206 g/mol. The summed E-state index contributed by atoms with van der Waals surface area (Å²) in [6.45, 7) is 1.86. The molecule has 0 radical (unpaired) electrons. The first-order chi connectivity index (χ1) is 6.03. The van der Waals surface area contributed by atoms with Crippen LogP contribution in [0.5, 0.6) is 0 Å². The highest BCUT2D eigenvalue weighted by molar-refractivity contribution is 7.93. The molecule has 1 atom stereocenters. The van der Waals surface area contributed by atoms with Gasteiger partial charge in [0, 0.05) is 26.8 Å². The van der Waals surface area contributed by atoms with Crippen molar-refractivity contribution < 1.29 is 4.21 Å². The molecule has 13 heavy (non-hydrogen) atoms. The largest absolute Gasteiger partial charge is 0.250 e. The molecule has 0 aromatic heterocycles. The summed E-state index contributed by atoms with van der Waals surface area (Å²) in [5.74, 6) is 0.565. The van der Waals surface area contributed by atoms with E-state index in [0.717, 1.165) is 5.69 Å². The second-order valence-corrected chi connectivity index (χ2v) is 5.93. The average Bonchev–Trinajstić information content (AvgIpc) is 2.09. The van der Waals surface area contributed by atoms with Crippen LogP contribution >= 0.6 is 11.6 Å². The SMILES string of the molecule is CC[S@](C)(=O)=Nc1ccc(Cl)cc1. The number of halogens is 1. The minimum absolute atomic E-state index is 0.565. The summed E-state index contributed by atoms with van der Waals surface area (Å²) >= 11 is 5.70. The number of hydrogen-bond acceptors (Lipinski definition) is 2. The van der Waals surface area contributed by atoms with E-state index >= 15 is 0 Å². The summed E-state index contributed by atoms with van der Waals surface area (Å²) in [6, 6.07) is 7.01. The van der Waals surface area contributed by atoms with E-state index in [0.29, 0.717) is 10.8 Å². The Hall–Kier alpha value is -0.540. The first kappa shape index (κ1) is 10.5. The number of hydrogen-bond donors (Lipinski definition) is 0. The lowest BCUT2D eigenvalue weighted by Crippen LogP contribution is -1.97. The van der Waals surface area contributed by atoms with Gasteiger partial charge in [0.25, 0.3) is 0 Å². The topological polar surface area (TPSA) is 29.4 Å². The van der Waals surface area contributed by atoms with Crippen molar-refractivity contribution in [2.75, 3.05) is 12.0 Å². The molecule has 2 nitrogen and oxygen atoms in total. The Kier molecular flexibility index (Phi) is 3.33. The average molecular weight is 218 g/mol. The van der Waals surface area contributed by atoms with Gasteiger partial charge in [-0.05, 0) is 24.3 Å². The van der Waals surface area contributed by atoms with Crippen LogP contribution in [0, 0.1) is 0 Å². The van der Waals surface area contributed by atoms with Crippen molar-refractivity contribution in [2.45, 2.75) is 6.92 Å². The van der Waals surface area contributed by atoms with E-state index in [1.807, 2.05) is 6.92 Å². The third kappa shape index (κ3) is 3.36. The lowest BCUT2D eigenvalue weighted by Gasteiger charge is -1.99. The molecule has 0 aliphatic carbocycles. The monoisotopic (exact) mass is 217 g/mol. The van der Waals surface area contributed by atoms with Crippen LogP contribution in [0.4, 0.5) is 5.69 Å². The fraction of sp³-hybridized carbons (Fsp3) is 0.333. The maximum atomic E-state index is 11.6. The van der Waals surface area contributed by atoms with Gasteiger partial charge in [-0.3, -0.25) is 0 Å². The van der Waals surface area contributed by atoms with E-state index in [1.54, 1.807) is 30.5 Å². The minimum Gasteiger partial charge on any atom is -0.250 e. The van der Waals surface area contributed by atoms with E-state index in [9.17, 15) is 4.21 Å². The van der Waals surface area contributed by atoms with Crippen molar-refractivity contribution in [2.24, 2.45) is 4.36 Å². The normalized spacial score (nSPS) is 15.0. The molecule has 1 rings (SSSR count). The molecule has 0 spiro atoms. The second kappa shape index (κ2) is 4.11. The molecular formula is C9H12ClNOS. The molecule has 0 aliphatic heterocycles. The fourth-order valence-corrected chi connectivity index (χ4v) is 1.61. The molecule has 0 fully saturated rings. The molecule has 0 saturated heterocycles. The van der Waals surface area contributed by atoms with Crippen LogP contribution in [0.1, 0.15) is 6.92 Å². The van der Waals surface area contributed by atoms with Gasteiger partial charge in [-0.25, -0.2) is 4.21 Å². The van der Waals surface area contributed by atoms with Crippen LogP contribution < -0.4 is 0 Å². The van der Waals surface area contributed by atoms with Crippen LogP contribution in [0.2, 0.25) is 5.02 Å². The zero-order chi connectivity index (χ0) is 9.90. The van der Waals surface area contributed by atoms with E-state index < -0.39 is 9.73 Å². The summed E-state index contributed by atoms with van der Waals surface area (Å²) < 4.78 is 15.7. The third-order valence-electron chi connectivity index (χ3n) is 1.66. The van der Waals surface area contributed by atoms with Crippen LogP contribution in [-0.4, -0.2) is 16.2 Å². The van der Waals surface area contributed by atoms with E-state index in [4.69, 9.17) is 11.6 Å². The van der Waals surface area contributed by atoms with E-state index in [2.05, 4.69) is 4.36 Å². The van der Waals surface area contributed by atoms with Crippen LogP contribution in [0.15, 0.2) is 28.6 Å². The van der Waals surface area contributed by atoms with E-state index in [1.165, 1.54) is 0 Å². The second-order valence-electron chi connectivity index (χ2n) is 2.82. The highest BCUT2D eigenvalue weighted by atomic mass is 35.5. The van der Waals surface area contributed by atoms with Gasteiger partial charge in [-0.15, -0.1) is 0 Å². The first-order valence-corrected chi connectivity index (χ1v) is 6.46. The van der Waals surface area contributed by atoms with Gasteiger partial charge >= 0.3 is 0 Å². The van der Waals surface area contributed by atoms with Crippen LogP contribution in [0.25, 0.3) is 0 Å². The predicted molar refractivity (Wildman–Crippen MR) is 58.1 cm³/mol. The summed E-state index contributed by atoms with van der Waals surface area (Å²) in [5.41, 5.74) is 0.721. The summed E-state index contributed by atoms with van der Waals surface area (Å²) in [6.07, 6.45) is 1.65. The molecule has 0 aliphatic rings. The maximum absolute atomic E-state index is 11.6. The van der Waals surface area contributed by atoms with Gasteiger partial charge in [0.05, 0.1) is 5.69 Å². The smallest absolute Gasteiger partial charge is 0.0731 e. The van der Waals surface area contributed by atoms with Gasteiger partial charge in [0.15, 0.2) is 0 Å². The quantitative estimate of drug-likeness (QED) is 0.749. The molecule has 1 aromatic carbocycles. The Morgan fingerprint density at radius 3 is 2.38 bits per heavy atom.